The van der Waals surface area contributed by atoms with Gasteiger partial charge in [0.25, 0.3) is 0 Å². The largest absolute Gasteiger partial charge is 0.495 e. The molecule has 1 aromatic carbocycles. The van der Waals surface area contributed by atoms with E-state index in [1.807, 2.05) is 12.1 Å². The first-order chi connectivity index (χ1) is 9.20. The van der Waals surface area contributed by atoms with Gasteiger partial charge in [0.05, 0.1) is 18.5 Å². The number of aromatic nitrogens is 1. The van der Waals surface area contributed by atoms with E-state index < -0.39 is 0 Å². The number of nitrogens with one attached hydrogen (secondary N) is 1. The van der Waals surface area contributed by atoms with Crippen LogP contribution in [0.1, 0.15) is 5.56 Å². The maximum atomic E-state index is 13.7. The second-order valence-corrected chi connectivity index (χ2v) is 4.11. The molecule has 5 heteroatoms. The summed E-state index contributed by atoms with van der Waals surface area (Å²) in [6.07, 6.45) is 4.26. The Morgan fingerprint density at radius 2 is 2.05 bits per heavy atom. The minimum atomic E-state index is -0.381. The van der Waals surface area contributed by atoms with Gasteiger partial charge in [0, 0.05) is 31.1 Å². The molecule has 2 rings (SSSR count). The molecule has 0 amide bonds. The average Bonchev–Trinajstić information content (AvgIpc) is 2.42. The highest BCUT2D eigenvalue weighted by Crippen LogP contribution is 2.28. The molecular formula is C14H16FN3O. The lowest BCUT2D eigenvalue weighted by Crippen LogP contribution is -2.07. The molecule has 1 heterocycles. The SMILES string of the molecule is COc1cc(NCCc2ccncc2)c(F)cc1N. The van der Waals surface area contributed by atoms with Crippen LogP contribution in [-0.2, 0) is 6.42 Å². The van der Waals surface area contributed by atoms with Crippen molar-refractivity contribution in [3.05, 3.63) is 48.0 Å². The Bertz CT molecular complexity index is 546. The predicted molar refractivity (Wildman–Crippen MR) is 73.8 cm³/mol. The summed E-state index contributed by atoms with van der Waals surface area (Å²) < 4.78 is 18.7. The third-order valence-corrected chi connectivity index (χ3v) is 2.80. The molecule has 3 N–H and O–H groups in total. The summed E-state index contributed by atoms with van der Waals surface area (Å²) in [4.78, 5) is 3.95. The van der Waals surface area contributed by atoms with Gasteiger partial charge in [-0.25, -0.2) is 4.39 Å². The van der Waals surface area contributed by atoms with Crippen molar-refractivity contribution in [2.24, 2.45) is 0 Å². The van der Waals surface area contributed by atoms with E-state index in [-0.39, 0.29) is 5.82 Å². The molecule has 0 spiro atoms. The Labute approximate surface area is 111 Å². The van der Waals surface area contributed by atoms with Gasteiger partial charge in [0.1, 0.15) is 11.6 Å². The number of anilines is 2. The molecule has 0 radical (unpaired) electrons. The lowest BCUT2D eigenvalue weighted by molar-refractivity contribution is 0.416. The Morgan fingerprint density at radius 3 is 2.74 bits per heavy atom. The van der Waals surface area contributed by atoms with Gasteiger partial charge in [-0.15, -0.1) is 0 Å². The molecule has 0 bridgehead atoms. The molecule has 4 nitrogen and oxygen atoms in total. The van der Waals surface area contributed by atoms with Crippen LogP contribution < -0.4 is 15.8 Å². The smallest absolute Gasteiger partial charge is 0.148 e. The topological polar surface area (TPSA) is 60.2 Å². The Balaban J connectivity index is 2.00. The second kappa shape index (κ2) is 6.04. The van der Waals surface area contributed by atoms with E-state index in [1.54, 1.807) is 18.5 Å². The fraction of sp³-hybridized carbons (Fsp3) is 0.214. The zero-order valence-corrected chi connectivity index (χ0v) is 10.7. The molecule has 0 fully saturated rings. The first-order valence-corrected chi connectivity index (χ1v) is 5.96. The highest BCUT2D eigenvalue weighted by Gasteiger charge is 2.07. The minimum Gasteiger partial charge on any atom is -0.495 e. The van der Waals surface area contributed by atoms with Crippen LogP contribution in [0.5, 0.6) is 5.75 Å². The Hall–Kier alpha value is -2.30. The van der Waals surface area contributed by atoms with E-state index in [9.17, 15) is 4.39 Å². The molecule has 0 saturated heterocycles. The van der Waals surface area contributed by atoms with Gasteiger partial charge in [0.2, 0.25) is 0 Å². The second-order valence-electron chi connectivity index (χ2n) is 4.11. The zero-order chi connectivity index (χ0) is 13.7. The number of ether oxygens (including phenoxy) is 1. The van der Waals surface area contributed by atoms with Crippen LogP contribution in [0.4, 0.5) is 15.8 Å². The van der Waals surface area contributed by atoms with Crippen LogP contribution in [0, 0.1) is 5.82 Å². The van der Waals surface area contributed by atoms with Crippen molar-refractivity contribution in [2.75, 3.05) is 24.7 Å². The molecule has 0 aliphatic carbocycles. The van der Waals surface area contributed by atoms with Crippen LogP contribution in [0.3, 0.4) is 0 Å². The minimum absolute atomic E-state index is 0.291. The van der Waals surface area contributed by atoms with Crippen LogP contribution in [0.15, 0.2) is 36.7 Å². The van der Waals surface area contributed by atoms with Gasteiger partial charge >= 0.3 is 0 Å². The summed E-state index contributed by atoms with van der Waals surface area (Å²) in [5, 5.41) is 3.03. The highest BCUT2D eigenvalue weighted by atomic mass is 19.1. The molecule has 0 atom stereocenters. The third kappa shape index (κ3) is 3.34. The fourth-order valence-electron chi connectivity index (χ4n) is 1.77. The number of halogens is 1. The van der Waals surface area contributed by atoms with Gasteiger partial charge < -0.3 is 15.8 Å². The molecule has 0 unspecified atom stereocenters. The molecule has 100 valence electrons. The van der Waals surface area contributed by atoms with Crippen molar-refractivity contribution in [2.45, 2.75) is 6.42 Å². The zero-order valence-electron chi connectivity index (χ0n) is 10.7. The third-order valence-electron chi connectivity index (χ3n) is 2.80. The van der Waals surface area contributed by atoms with Gasteiger partial charge in [-0.2, -0.15) is 0 Å². The van der Waals surface area contributed by atoms with E-state index in [0.29, 0.717) is 23.7 Å². The number of rotatable bonds is 5. The number of hydrogen-bond donors (Lipinski definition) is 2. The van der Waals surface area contributed by atoms with Crippen molar-refractivity contribution in [1.82, 2.24) is 4.98 Å². The maximum absolute atomic E-state index is 13.7. The van der Waals surface area contributed by atoms with Crippen molar-refractivity contribution < 1.29 is 9.13 Å². The Kier molecular flexibility index (Phi) is 4.18. The van der Waals surface area contributed by atoms with Crippen LogP contribution in [0.25, 0.3) is 0 Å². The summed E-state index contributed by atoms with van der Waals surface area (Å²) >= 11 is 0. The number of nitrogens with zero attached hydrogens (tertiary/aromatic N) is 1. The summed E-state index contributed by atoms with van der Waals surface area (Å²) in [6.45, 7) is 0.619. The van der Waals surface area contributed by atoms with Gasteiger partial charge in [-0.1, -0.05) is 0 Å². The van der Waals surface area contributed by atoms with Crippen LogP contribution in [-0.4, -0.2) is 18.6 Å². The number of nitrogen functional groups attached to an aromatic ring is 1. The maximum Gasteiger partial charge on any atom is 0.148 e. The van der Waals surface area contributed by atoms with E-state index in [0.717, 1.165) is 12.0 Å². The van der Waals surface area contributed by atoms with Crippen molar-refractivity contribution >= 4 is 11.4 Å². The molecule has 2 aromatic rings. The first-order valence-electron chi connectivity index (χ1n) is 5.96. The van der Waals surface area contributed by atoms with E-state index in [2.05, 4.69) is 10.3 Å². The van der Waals surface area contributed by atoms with Crippen molar-refractivity contribution in [1.29, 1.82) is 0 Å². The standard InChI is InChI=1S/C14H16FN3O/c1-19-14-9-13(11(15)8-12(14)16)18-7-4-10-2-5-17-6-3-10/h2-3,5-6,8-9,18H,4,7,16H2,1H3. The lowest BCUT2D eigenvalue weighted by atomic mass is 10.2. The van der Waals surface area contributed by atoms with Gasteiger partial charge in [-0.3, -0.25) is 4.98 Å². The van der Waals surface area contributed by atoms with Crippen LogP contribution in [0.2, 0.25) is 0 Å². The van der Waals surface area contributed by atoms with Crippen LogP contribution >= 0.6 is 0 Å². The quantitative estimate of drug-likeness (QED) is 0.812. The lowest BCUT2D eigenvalue weighted by Gasteiger charge is -2.11. The van der Waals surface area contributed by atoms with Gasteiger partial charge in [-0.05, 0) is 24.1 Å². The highest BCUT2D eigenvalue weighted by molar-refractivity contribution is 5.62. The summed E-state index contributed by atoms with van der Waals surface area (Å²) in [5.74, 6) is 0.0841. The summed E-state index contributed by atoms with van der Waals surface area (Å²) in [7, 11) is 1.50. The number of hydrogen-bond acceptors (Lipinski definition) is 4. The van der Waals surface area contributed by atoms with E-state index in [4.69, 9.17) is 10.5 Å². The van der Waals surface area contributed by atoms with E-state index in [1.165, 1.54) is 13.2 Å². The number of methoxy groups -OCH3 is 1. The Morgan fingerprint density at radius 1 is 1.32 bits per heavy atom. The van der Waals surface area contributed by atoms with Crippen molar-refractivity contribution in [3.8, 4) is 5.75 Å². The molecule has 0 saturated carbocycles. The normalized spacial score (nSPS) is 10.2. The summed E-state index contributed by atoms with van der Waals surface area (Å²) in [5.41, 5.74) is 7.44. The first kappa shape index (κ1) is 13.1. The molecular weight excluding hydrogens is 245 g/mol. The van der Waals surface area contributed by atoms with E-state index >= 15 is 0 Å². The number of pyridine rings is 1. The molecule has 0 aliphatic heterocycles. The predicted octanol–water partition coefficient (Wildman–Crippen LogP) is 2.47. The summed E-state index contributed by atoms with van der Waals surface area (Å²) in [6, 6.07) is 6.69. The monoisotopic (exact) mass is 261 g/mol. The molecule has 1 aromatic heterocycles. The fourth-order valence-corrected chi connectivity index (χ4v) is 1.77. The average molecular weight is 261 g/mol. The molecule has 0 aliphatic rings. The van der Waals surface area contributed by atoms with Gasteiger partial charge in [0.15, 0.2) is 0 Å². The number of benzene rings is 1. The van der Waals surface area contributed by atoms with Crippen molar-refractivity contribution in [3.63, 3.8) is 0 Å². The number of nitrogens with two attached hydrogens (primary N) is 1. The molecule has 19 heavy (non-hydrogen) atoms.